The van der Waals surface area contributed by atoms with Crippen molar-refractivity contribution in [1.29, 1.82) is 0 Å². The number of carbonyl (C=O) groups is 1. The summed E-state index contributed by atoms with van der Waals surface area (Å²) >= 11 is 0. The molecule has 4 rings (SSSR count). The van der Waals surface area contributed by atoms with Crippen LogP contribution in [0.1, 0.15) is 49.4 Å². The third-order valence-corrected chi connectivity index (χ3v) is 6.57. The molecule has 9 nitrogen and oxygen atoms in total. The van der Waals surface area contributed by atoms with E-state index in [9.17, 15) is 9.18 Å². The number of unbranched alkanes of at least 4 members (excludes halogenated alkanes) is 4. The molecule has 0 aliphatic rings. The molecule has 0 aliphatic heterocycles. The van der Waals surface area contributed by atoms with Crippen LogP contribution in [0.3, 0.4) is 0 Å². The molecule has 0 spiro atoms. The first-order valence-corrected chi connectivity index (χ1v) is 14.6. The number of nitrogens with zero attached hydrogens (tertiary/aromatic N) is 7. The van der Waals surface area contributed by atoms with E-state index in [0.717, 1.165) is 30.6 Å². The molecule has 0 radical (unpaired) electrons. The third-order valence-electron chi connectivity index (χ3n) is 6.57. The number of rotatable bonds is 14. The Morgan fingerprint density at radius 2 is 1.11 bits per heavy atom. The molecule has 0 saturated carbocycles. The van der Waals surface area contributed by atoms with Gasteiger partial charge in [0.1, 0.15) is 5.69 Å². The van der Waals surface area contributed by atoms with Gasteiger partial charge in [-0.1, -0.05) is 32.6 Å². The van der Waals surface area contributed by atoms with E-state index in [1.807, 2.05) is 43.3 Å². The minimum Gasteiger partial charge on any atom is -0.462 e. The van der Waals surface area contributed by atoms with E-state index < -0.39 is 5.82 Å². The molecular weight excluding hydrogens is 557 g/mol. The number of azo groups is 3. The smallest absolute Gasteiger partial charge is 0.338 e. The maximum atomic E-state index is 14.7. The largest absolute Gasteiger partial charge is 0.462 e. The van der Waals surface area contributed by atoms with Crippen LogP contribution in [0.15, 0.2) is 122 Å². The van der Waals surface area contributed by atoms with E-state index in [1.54, 1.807) is 54.6 Å². The Morgan fingerprint density at radius 1 is 0.636 bits per heavy atom. The topological polar surface area (TPSA) is 104 Å². The van der Waals surface area contributed by atoms with Crippen LogP contribution < -0.4 is 4.90 Å². The Kier molecular flexibility index (Phi) is 11.9. The normalized spacial score (nSPS) is 11.5. The maximum Gasteiger partial charge on any atom is 0.338 e. The Bertz CT molecular complexity index is 1580. The molecule has 4 aromatic rings. The minimum atomic E-state index is -0.580. The van der Waals surface area contributed by atoms with Crippen molar-refractivity contribution >= 4 is 45.8 Å². The molecule has 0 unspecified atom stereocenters. The second-order valence-corrected chi connectivity index (χ2v) is 10.3. The summed E-state index contributed by atoms with van der Waals surface area (Å²) in [6.45, 7) is 2.58. The van der Waals surface area contributed by atoms with Crippen LogP contribution in [0.5, 0.6) is 0 Å². The van der Waals surface area contributed by atoms with Crippen LogP contribution >= 0.6 is 0 Å². The molecular formula is C34H36FN7O2. The van der Waals surface area contributed by atoms with Crippen LogP contribution in [0.25, 0.3) is 0 Å². The molecule has 0 aliphatic carbocycles. The Morgan fingerprint density at radius 3 is 1.66 bits per heavy atom. The zero-order chi connectivity index (χ0) is 31.1. The van der Waals surface area contributed by atoms with Gasteiger partial charge in [0, 0.05) is 25.8 Å². The lowest BCUT2D eigenvalue weighted by Gasteiger charge is -2.11. The van der Waals surface area contributed by atoms with Crippen molar-refractivity contribution in [3.05, 3.63) is 102 Å². The predicted molar refractivity (Wildman–Crippen MR) is 172 cm³/mol. The van der Waals surface area contributed by atoms with Gasteiger partial charge in [0.2, 0.25) is 0 Å². The average molecular weight is 594 g/mol. The number of hydrogen-bond acceptors (Lipinski definition) is 9. The van der Waals surface area contributed by atoms with E-state index in [2.05, 4.69) is 37.6 Å². The summed E-state index contributed by atoms with van der Waals surface area (Å²) in [6, 6.07) is 25.6. The summed E-state index contributed by atoms with van der Waals surface area (Å²) < 4.78 is 20.0. The molecule has 0 aromatic heterocycles. The Labute approximate surface area is 257 Å². The van der Waals surface area contributed by atoms with E-state index in [1.165, 1.54) is 25.0 Å². The fraction of sp³-hybridized carbons (Fsp3) is 0.265. The van der Waals surface area contributed by atoms with Crippen molar-refractivity contribution in [3.8, 4) is 0 Å². The van der Waals surface area contributed by atoms with Gasteiger partial charge in [0.15, 0.2) is 5.82 Å². The Balaban J connectivity index is 1.28. The number of benzene rings is 4. The van der Waals surface area contributed by atoms with E-state index in [4.69, 9.17) is 4.74 Å². The molecule has 0 amide bonds. The summed E-state index contributed by atoms with van der Waals surface area (Å²) in [5.74, 6) is -0.942. The van der Waals surface area contributed by atoms with Crippen LogP contribution in [0.2, 0.25) is 0 Å². The van der Waals surface area contributed by atoms with E-state index >= 15 is 0 Å². The number of carbonyl (C=O) groups excluding carboxylic acids is 1. The summed E-state index contributed by atoms with van der Waals surface area (Å²) in [5.41, 5.74) is 4.39. The molecule has 44 heavy (non-hydrogen) atoms. The molecule has 0 heterocycles. The van der Waals surface area contributed by atoms with Crippen LogP contribution in [-0.4, -0.2) is 26.7 Å². The van der Waals surface area contributed by atoms with Gasteiger partial charge in [-0.15, -0.1) is 5.11 Å². The van der Waals surface area contributed by atoms with Gasteiger partial charge < -0.3 is 9.64 Å². The second kappa shape index (κ2) is 16.5. The SMILES string of the molecule is CCCCCCCOC(=O)c1ccc(N=Nc2ccc(N=Nc3ccc(N=Nc4ccc(N(C)C)cc4)cc3)c(F)c2)cc1. The van der Waals surface area contributed by atoms with E-state index in [-0.39, 0.29) is 11.7 Å². The van der Waals surface area contributed by atoms with Gasteiger partial charge in [-0.2, -0.15) is 25.6 Å². The number of esters is 1. The molecule has 10 heteroatoms. The van der Waals surface area contributed by atoms with Crippen molar-refractivity contribution in [3.63, 3.8) is 0 Å². The van der Waals surface area contributed by atoms with Crippen molar-refractivity contribution in [2.75, 3.05) is 25.6 Å². The molecule has 0 N–H and O–H groups in total. The number of halogens is 1. The highest BCUT2D eigenvalue weighted by molar-refractivity contribution is 5.89. The quantitative estimate of drug-likeness (QED) is 0.0825. The molecule has 0 bridgehead atoms. The lowest BCUT2D eigenvalue weighted by molar-refractivity contribution is 0.0497. The maximum absolute atomic E-state index is 14.7. The van der Waals surface area contributed by atoms with Crippen molar-refractivity contribution < 1.29 is 13.9 Å². The summed E-state index contributed by atoms with van der Waals surface area (Å²) in [5, 5.41) is 24.9. The second-order valence-electron chi connectivity index (χ2n) is 10.3. The molecule has 4 aromatic carbocycles. The van der Waals surface area contributed by atoms with Gasteiger partial charge >= 0.3 is 5.97 Å². The van der Waals surface area contributed by atoms with Crippen LogP contribution in [0, 0.1) is 5.82 Å². The highest BCUT2D eigenvalue weighted by Gasteiger charge is 2.07. The number of hydrogen-bond donors (Lipinski definition) is 0. The summed E-state index contributed by atoms with van der Waals surface area (Å²) in [7, 11) is 3.96. The van der Waals surface area contributed by atoms with Crippen molar-refractivity contribution in [2.45, 2.75) is 39.0 Å². The molecule has 226 valence electrons. The standard InChI is InChI=1S/C34H36FN7O2/c1-4-5-6-7-8-23-44-34(43)25-9-11-26(12-10-25)38-40-30-19-22-33(32(35)24-30)41-39-28-15-13-27(14-16-28)36-37-29-17-20-31(21-18-29)42(2)3/h9-22,24H,4-8,23H2,1-3H3. The average Bonchev–Trinajstić information content (AvgIpc) is 3.04. The molecule has 0 atom stereocenters. The Hall–Kier alpha value is -5.12. The molecule has 0 saturated heterocycles. The monoisotopic (exact) mass is 593 g/mol. The predicted octanol–water partition coefficient (Wildman–Crippen LogP) is 11.3. The lowest BCUT2D eigenvalue weighted by atomic mass is 10.2. The fourth-order valence-electron chi connectivity index (χ4n) is 4.00. The summed E-state index contributed by atoms with van der Waals surface area (Å²) in [4.78, 5) is 14.2. The van der Waals surface area contributed by atoms with Crippen molar-refractivity contribution in [2.24, 2.45) is 30.7 Å². The first kappa shape index (κ1) is 31.8. The van der Waals surface area contributed by atoms with Gasteiger partial charge in [-0.25, -0.2) is 9.18 Å². The zero-order valence-electron chi connectivity index (χ0n) is 25.2. The van der Waals surface area contributed by atoms with Crippen molar-refractivity contribution in [1.82, 2.24) is 0 Å². The highest BCUT2D eigenvalue weighted by atomic mass is 19.1. The van der Waals surface area contributed by atoms with Gasteiger partial charge in [0.05, 0.1) is 40.6 Å². The van der Waals surface area contributed by atoms with Gasteiger partial charge in [-0.05, 0) is 91.3 Å². The lowest BCUT2D eigenvalue weighted by Crippen LogP contribution is -2.07. The minimum absolute atomic E-state index is 0.0714. The third kappa shape index (κ3) is 10.0. The zero-order valence-corrected chi connectivity index (χ0v) is 25.2. The number of anilines is 1. The molecule has 0 fully saturated rings. The van der Waals surface area contributed by atoms with Gasteiger partial charge in [-0.3, -0.25) is 0 Å². The highest BCUT2D eigenvalue weighted by Crippen LogP contribution is 2.28. The number of ether oxygens (including phenoxy) is 1. The first-order valence-electron chi connectivity index (χ1n) is 14.6. The first-order chi connectivity index (χ1) is 21.4. The summed E-state index contributed by atoms with van der Waals surface area (Å²) in [6.07, 6.45) is 5.45. The van der Waals surface area contributed by atoms with Crippen LogP contribution in [-0.2, 0) is 4.74 Å². The van der Waals surface area contributed by atoms with Gasteiger partial charge in [0.25, 0.3) is 0 Å². The fourth-order valence-corrected chi connectivity index (χ4v) is 4.00. The van der Waals surface area contributed by atoms with E-state index in [0.29, 0.717) is 34.9 Å². The van der Waals surface area contributed by atoms with Crippen LogP contribution in [0.4, 0.5) is 44.2 Å².